The van der Waals surface area contributed by atoms with Gasteiger partial charge in [0.15, 0.2) is 0 Å². The van der Waals surface area contributed by atoms with Gasteiger partial charge in [0.05, 0.1) is 4.58 Å². The molecule has 1 heterocycles. The summed E-state index contributed by atoms with van der Waals surface area (Å²) in [6.45, 7) is 0. The van der Waals surface area contributed by atoms with Gasteiger partial charge in [0.2, 0.25) is 0 Å². The first-order valence-electron chi connectivity index (χ1n) is 6.07. The predicted octanol–water partition coefficient (Wildman–Crippen LogP) is 3.04. The molecule has 3 heteroatoms. The Morgan fingerprint density at radius 2 is 1.87 bits per heavy atom. The Kier molecular flexibility index (Phi) is 3.03. The molecule has 84 valence electrons. The van der Waals surface area contributed by atoms with Crippen LogP contribution < -0.4 is 0 Å². The first-order chi connectivity index (χ1) is 7.38. The Hall–Kier alpha value is 0.370. The van der Waals surface area contributed by atoms with Crippen molar-refractivity contribution in [2.45, 2.75) is 30.3 Å². The summed E-state index contributed by atoms with van der Waals surface area (Å²) in [6.07, 6.45) is 6.67. The minimum absolute atomic E-state index is 0.422. The molecule has 2 saturated carbocycles. The predicted molar refractivity (Wildman–Crippen MR) is 67.2 cm³/mol. The van der Waals surface area contributed by atoms with Gasteiger partial charge in [-0.25, -0.2) is 0 Å². The highest BCUT2D eigenvalue weighted by Gasteiger charge is 2.47. The molecule has 0 amide bonds. The molecule has 3 rings (SSSR count). The zero-order valence-electron chi connectivity index (χ0n) is 8.93. The normalized spacial score (nSPS) is 45.1. The summed E-state index contributed by atoms with van der Waals surface area (Å²) < 4.78 is 0.803. The van der Waals surface area contributed by atoms with E-state index in [1.54, 1.807) is 0 Å². The number of carbonyl (C=O) groups is 1. The largest absolute Gasteiger partial charge is 0.303 e. The van der Waals surface area contributed by atoms with Gasteiger partial charge in [-0.1, -0.05) is 0 Å². The van der Waals surface area contributed by atoms with Gasteiger partial charge in [-0.2, -0.15) is 0 Å². The second-order valence-electron chi connectivity index (χ2n) is 5.12. The number of hydrogen-bond acceptors (Lipinski definition) is 3. The van der Waals surface area contributed by atoms with E-state index in [9.17, 15) is 4.79 Å². The van der Waals surface area contributed by atoms with Gasteiger partial charge in [-0.3, -0.25) is 0 Å². The van der Waals surface area contributed by atoms with Gasteiger partial charge in [0.25, 0.3) is 0 Å². The topological polar surface area (TPSA) is 17.1 Å². The fourth-order valence-electron chi connectivity index (χ4n) is 3.78. The van der Waals surface area contributed by atoms with Crippen LogP contribution in [0.2, 0.25) is 0 Å². The van der Waals surface area contributed by atoms with Crippen molar-refractivity contribution < 1.29 is 4.79 Å². The molecule has 2 aliphatic carbocycles. The van der Waals surface area contributed by atoms with Crippen LogP contribution in [0.15, 0.2) is 0 Å². The molecule has 1 aliphatic heterocycles. The number of aldehydes is 1. The lowest BCUT2D eigenvalue weighted by atomic mass is 9.79. The quantitative estimate of drug-likeness (QED) is 0.708. The Morgan fingerprint density at radius 1 is 1.13 bits per heavy atom. The maximum atomic E-state index is 11.2. The van der Waals surface area contributed by atoms with E-state index in [4.69, 9.17) is 0 Å². The summed E-state index contributed by atoms with van der Waals surface area (Å²) in [5, 5.41) is 0. The molecule has 0 unspecified atom stereocenters. The molecule has 15 heavy (non-hydrogen) atoms. The van der Waals surface area contributed by atoms with Crippen LogP contribution in [0.1, 0.15) is 25.7 Å². The molecule has 1 nitrogen and oxygen atoms in total. The molecule has 0 spiro atoms. The van der Waals surface area contributed by atoms with Crippen molar-refractivity contribution in [2.75, 3.05) is 11.5 Å². The lowest BCUT2D eigenvalue weighted by Gasteiger charge is -2.28. The van der Waals surface area contributed by atoms with Crippen molar-refractivity contribution >= 4 is 29.8 Å². The summed E-state index contributed by atoms with van der Waals surface area (Å²) in [4.78, 5) is 11.2. The van der Waals surface area contributed by atoms with Crippen LogP contribution in [0.4, 0.5) is 0 Å². The second kappa shape index (κ2) is 4.33. The van der Waals surface area contributed by atoms with Crippen molar-refractivity contribution in [3.63, 3.8) is 0 Å². The van der Waals surface area contributed by atoms with Gasteiger partial charge in [0, 0.05) is 17.4 Å². The SMILES string of the molecule is O=C[C@H]1[C@H]2CC[C@H](C2)[C@H]1CC1SCCS1. The highest BCUT2D eigenvalue weighted by atomic mass is 32.2. The lowest BCUT2D eigenvalue weighted by molar-refractivity contribution is -0.114. The molecular formula is C12H18OS2. The number of rotatable bonds is 3. The number of hydrogen-bond donors (Lipinski definition) is 0. The molecular weight excluding hydrogens is 224 g/mol. The van der Waals surface area contributed by atoms with Crippen LogP contribution in [0, 0.1) is 23.7 Å². The molecule has 4 atom stereocenters. The zero-order chi connectivity index (χ0) is 10.3. The van der Waals surface area contributed by atoms with Crippen molar-refractivity contribution in [3.8, 4) is 0 Å². The summed E-state index contributed by atoms with van der Waals surface area (Å²) >= 11 is 4.23. The van der Waals surface area contributed by atoms with E-state index < -0.39 is 0 Å². The van der Waals surface area contributed by atoms with Crippen LogP contribution in [0.25, 0.3) is 0 Å². The fourth-order valence-corrected chi connectivity index (χ4v) is 6.76. The van der Waals surface area contributed by atoms with E-state index in [0.29, 0.717) is 5.92 Å². The van der Waals surface area contributed by atoms with Crippen LogP contribution in [0.3, 0.4) is 0 Å². The maximum absolute atomic E-state index is 11.2. The Morgan fingerprint density at radius 3 is 2.60 bits per heavy atom. The van der Waals surface area contributed by atoms with Crippen molar-refractivity contribution in [2.24, 2.45) is 23.7 Å². The Labute approximate surface area is 100 Å². The van der Waals surface area contributed by atoms with Gasteiger partial charge in [-0.15, -0.1) is 23.5 Å². The first-order valence-corrected chi connectivity index (χ1v) is 8.16. The summed E-state index contributed by atoms with van der Waals surface area (Å²) in [6, 6.07) is 0. The molecule has 0 radical (unpaired) electrons. The average molecular weight is 242 g/mol. The van der Waals surface area contributed by atoms with Crippen LogP contribution in [-0.4, -0.2) is 22.4 Å². The third kappa shape index (κ3) is 1.86. The van der Waals surface area contributed by atoms with Gasteiger partial charge >= 0.3 is 0 Å². The van der Waals surface area contributed by atoms with Gasteiger partial charge < -0.3 is 4.79 Å². The molecule has 3 fully saturated rings. The van der Waals surface area contributed by atoms with E-state index >= 15 is 0 Å². The smallest absolute Gasteiger partial charge is 0.123 e. The highest BCUT2D eigenvalue weighted by Crippen LogP contribution is 2.54. The maximum Gasteiger partial charge on any atom is 0.123 e. The van der Waals surface area contributed by atoms with Crippen molar-refractivity contribution in [1.29, 1.82) is 0 Å². The second-order valence-corrected chi connectivity index (χ2v) is 8.04. The molecule has 1 saturated heterocycles. The van der Waals surface area contributed by atoms with Crippen molar-refractivity contribution in [1.82, 2.24) is 0 Å². The van der Waals surface area contributed by atoms with E-state index in [1.807, 2.05) is 0 Å². The molecule has 2 bridgehead atoms. The standard InChI is InChI=1S/C12H18OS2/c13-7-11-9-2-1-8(5-9)10(11)6-12-14-3-4-15-12/h7-12H,1-6H2/t8-,9+,10-,11+/m1/s1. The number of thioether (sulfide) groups is 2. The van der Waals surface area contributed by atoms with Crippen LogP contribution in [0.5, 0.6) is 0 Å². The highest BCUT2D eigenvalue weighted by molar-refractivity contribution is 8.20. The van der Waals surface area contributed by atoms with Gasteiger partial charge in [0.1, 0.15) is 6.29 Å². The minimum atomic E-state index is 0.422. The summed E-state index contributed by atoms with van der Waals surface area (Å²) in [7, 11) is 0. The van der Waals surface area contributed by atoms with E-state index in [1.165, 1.54) is 43.5 Å². The fraction of sp³-hybridized carbons (Fsp3) is 0.917. The molecule has 0 aromatic heterocycles. The Balaban J connectivity index is 1.66. The van der Waals surface area contributed by atoms with Crippen molar-refractivity contribution in [3.05, 3.63) is 0 Å². The molecule has 0 aromatic carbocycles. The third-order valence-electron chi connectivity index (χ3n) is 4.47. The molecule has 3 aliphatic rings. The molecule has 0 aromatic rings. The van der Waals surface area contributed by atoms with Crippen LogP contribution in [-0.2, 0) is 4.79 Å². The zero-order valence-corrected chi connectivity index (χ0v) is 10.6. The Bertz CT molecular complexity index is 250. The summed E-state index contributed by atoms with van der Waals surface area (Å²) in [5.41, 5.74) is 0. The van der Waals surface area contributed by atoms with Crippen LogP contribution >= 0.6 is 23.5 Å². The first kappa shape index (κ1) is 10.5. The van der Waals surface area contributed by atoms with E-state index in [2.05, 4.69) is 23.5 Å². The lowest BCUT2D eigenvalue weighted by Crippen LogP contribution is -2.25. The minimum Gasteiger partial charge on any atom is -0.303 e. The van der Waals surface area contributed by atoms with E-state index in [-0.39, 0.29) is 0 Å². The monoisotopic (exact) mass is 242 g/mol. The van der Waals surface area contributed by atoms with E-state index in [0.717, 1.165) is 22.3 Å². The third-order valence-corrected chi connectivity index (χ3v) is 7.55. The number of fused-ring (bicyclic) bond motifs is 2. The average Bonchev–Trinajstić information content (AvgIpc) is 2.91. The summed E-state index contributed by atoms with van der Waals surface area (Å²) in [5.74, 6) is 5.46. The van der Waals surface area contributed by atoms with Gasteiger partial charge in [-0.05, 0) is 43.4 Å². The molecule has 0 N–H and O–H groups in total. The number of carbonyl (C=O) groups excluding carboxylic acids is 1.